The molecule has 13 heteroatoms. The van der Waals surface area contributed by atoms with Crippen LogP contribution in [0.15, 0.2) is 0 Å². The van der Waals surface area contributed by atoms with Gasteiger partial charge in [0.25, 0.3) is 5.08 Å². The van der Waals surface area contributed by atoms with Gasteiger partial charge >= 0.3 is 21.2 Å². The number of ether oxygens (including phenoxy) is 1. The molecule has 0 amide bonds. The zero-order chi connectivity index (χ0) is 18.5. The van der Waals surface area contributed by atoms with Crippen LogP contribution in [0.5, 0.6) is 0 Å². The zero-order valence-corrected chi connectivity index (χ0v) is 14.7. The van der Waals surface area contributed by atoms with Crippen LogP contribution >= 0.6 is 15.2 Å². The summed E-state index contributed by atoms with van der Waals surface area (Å²) in [5.74, 6) is -1.19. The maximum Gasteiger partial charge on any atom is 0.374 e. The van der Waals surface area contributed by atoms with Crippen LogP contribution in [0.4, 0.5) is 0 Å². The van der Waals surface area contributed by atoms with Crippen molar-refractivity contribution >= 4 is 21.2 Å². The molecule has 8 N–H and O–H groups in total. The van der Waals surface area contributed by atoms with Crippen molar-refractivity contribution < 1.29 is 43.0 Å². The van der Waals surface area contributed by atoms with Crippen molar-refractivity contribution in [2.45, 2.75) is 37.8 Å². The van der Waals surface area contributed by atoms with Crippen LogP contribution in [0.3, 0.4) is 0 Å². The summed E-state index contributed by atoms with van der Waals surface area (Å²) in [7, 11) is -10.7. The third-order valence-electron chi connectivity index (χ3n) is 3.05. The number of esters is 1. The highest BCUT2D eigenvalue weighted by Crippen LogP contribution is 2.71. The van der Waals surface area contributed by atoms with Crippen LogP contribution in [0, 0.1) is 5.92 Å². The lowest BCUT2D eigenvalue weighted by molar-refractivity contribution is -0.153. The van der Waals surface area contributed by atoms with Gasteiger partial charge in [-0.3, -0.25) is 18.4 Å². The molecule has 0 saturated carbocycles. The maximum atomic E-state index is 12.0. The molecule has 0 heterocycles. The van der Waals surface area contributed by atoms with E-state index in [4.69, 9.17) is 21.3 Å². The molecule has 0 aliphatic carbocycles. The van der Waals surface area contributed by atoms with Crippen LogP contribution < -0.4 is 11.5 Å². The Morgan fingerprint density at radius 1 is 1.26 bits per heavy atom. The Bertz CT molecular complexity index is 495. The summed E-state index contributed by atoms with van der Waals surface area (Å²) in [5, 5.41) is 6.61. The smallest absolute Gasteiger partial charge is 0.374 e. The number of carbonyl (C=O) groups excluding carboxylic acids is 1. The monoisotopic (exact) mass is 378 g/mol. The third-order valence-corrected chi connectivity index (χ3v) is 7.34. The van der Waals surface area contributed by atoms with Gasteiger partial charge in [0, 0.05) is 6.42 Å². The van der Waals surface area contributed by atoms with E-state index < -0.39 is 45.5 Å². The Morgan fingerprint density at radius 2 is 1.78 bits per heavy atom. The van der Waals surface area contributed by atoms with E-state index in [1.165, 1.54) is 0 Å². The van der Waals surface area contributed by atoms with E-state index in [-0.39, 0.29) is 18.9 Å². The van der Waals surface area contributed by atoms with Gasteiger partial charge in [-0.2, -0.15) is 0 Å². The molecular weight excluding hydrogens is 354 g/mol. The van der Waals surface area contributed by atoms with E-state index in [2.05, 4.69) is 9.26 Å². The second kappa shape index (κ2) is 8.66. The molecule has 0 saturated heterocycles. The van der Waals surface area contributed by atoms with Gasteiger partial charge < -0.3 is 36.0 Å². The molecule has 0 radical (unpaired) electrons. The minimum Gasteiger partial charge on any atom is -0.437 e. The Balaban J connectivity index is 4.98. The number of nitrogens with two attached hydrogens (primary N) is 2. The lowest BCUT2D eigenvalue weighted by Gasteiger charge is -2.31. The molecule has 0 aromatic rings. The van der Waals surface area contributed by atoms with Crippen molar-refractivity contribution in [3.63, 3.8) is 0 Å². The summed E-state index contributed by atoms with van der Waals surface area (Å²) in [4.78, 5) is 39.4. The molecule has 138 valence electrons. The summed E-state index contributed by atoms with van der Waals surface area (Å²) in [5.41, 5.74) is 10.6. The molecule has 0 spiro atoms. The highest BCUT2D eigenvalue weighted by Gasteiger charge is 2.60. The van der Waals surface area contributed by atoms with E-state index in [1.54, 1.807) is 13.8 Å². The van der Waals surface area contributed by atoms with E-state index >= 15 is 0 Å². The van der Waals surface area contributed by atoms with E-state index in [0.29, 0.717) is 0 Å². The van der Waals surface area contributed by atoms with Crippen molar-refractivity contribution in [1.82, 2.24) is 0 Å². The molecule has 0 aromatic heterocycles. The number of hydrogen-bond donors (Lipinski definition) is 6. The second-order valence-corrected chi connectivity index (χ2v) is 9.43. The van der Waals surface area contributed by atoms with Gasteiger partial charge in [0.05, 0.1) is 0 Å². The van der Waals surface area contributed by atoms with E-state index in [9.17, 15) is 23.9 Å². The van der Waals surface area contributed by atoms with Gasteiger partial charge in [0.1, 0.15) is 6.04 Å². The van der Waals surface area contributed by atoms with Crippen LogP contribution in [0.2, 0.25) is 0 Å². The lowest BCUT2D eigenvalue weighted by Crippen LogP contribution is -2.37. The molecule has 0 aliphatic rings. The van der Waals surface area contributed by atoms with Gasteiger partial charge in [-0.1, -0.05) is 13.8 Å². The van der Waals surface area contributed by atoms with Crippen molar-refractivity contribution in [2.75, 3.05) is 13.3 Å². The lowest BCUT2D eigenvalue weighted by atomic mass is 10.1. The normalized spacial score (nSPS) is 19.0. The highest BCUT2D eigenvalue weighted by atomic mass is 31.2. The number of rotatable bonds is 10. The summed E-state index contributed by atoms with van der Waals surface area (Å²) in [6.07, 6.45) is -0.922. The van der Waals surface area contributed by atoms with Crippen LogP contribution in [-0.4, -0.2) is 50.2 Å². The third kappa shape index (κ3) is 5.90. The van der Waals surface area contributed by atoms with Gasteiger partial charge in [0.15, 0.2) is 0 Å². The minimum absolute atomic E-state index is 0.0828. The standard InChI is InChI=1S/C10H24N2O9P2/c1-7(2)8(12)9(13)20-6-21-23(18,19)10(14,4-3-5-11)22(15,16)17/h7-8,14H,3-6,11-12H2,1-2H3,(H,18,19)(H2,15,16,17)/t8-,10?/m0/s1. The van der Waals surface area contributed by atoms with Crippen LogP contribution in [-0.2, 0) is 23.2 Å². The summed E-state index contributed by atoms with van der Waals surface area (Å²) < 4.78 is 32.2. The summed E-state index contributed by atoms with van der Waals surface area (Å²) >= 11 is 0. The molecule has 0 bridgehead atoms. The van der Waals surface area contributed by atoms with Crippen molar-refractivity contribution in [2.24, 2.45) is 17.4 Å². The molecule has 2 unspecified atom stereocenters. The van der Waals surface area contributed by atoms with Gasteiger partial charge in [-0.05, 0) is 18.9 Å². The molecule has 11 nitrogen and oxygen atoms in total. The minimum atomic E-state index is -5.44. The van der Waals surface area contributed by atoms with Crippen molar-refractivity contribution in [3.05, 3.63) is 0 Å². The number of carbonyl (C=O) groups is 1. The fourth-order valence-electron chi connectivity index (χ4n) is 1.42. The maximum absolute atomic E-state index is 12.0. The SMILES string of the molecule is CC(C)[C@H](N)C(=O)OCOP(=O)(O)C(O)(CCCN)P(=O)(O)O. The first-order valence-electron chi connectivity index (χ1n) is 6.68. The molecular formula is C10H24N2O9P2. The summed E-state index contributed by atoms with van der Waals surface area (Å²) in [6, 6.07) is -1.01. The quantitative estimate of drug-likeness (QED) is 0.158. The Kier molecular flexibility index (Phi) is 8.53. The Hall–Kier alpha value is -0.350. The fraction of sp³-hybridized carbons (Fsp3) is 0.900. The molecule has 3 atom stereocenters. The van der Waals surface area contributed by atoms with Crippen molar-refractivity contribution in [1.29, 1.82) is 0 Å². The predicted octanol–water partition coefficient (Wildman–Crippen LogP) is -0.765. The number of aliphatic hydroxyl groups is 1. The summed E-state index contributed by atoms with van der Waals surface area (Å²) in [6.45, 7) is 2.10. The predicted molar refractivity (Wildman–Crippen MR) is 80.0 cm³/mol. The number of hydrogen-bond acceptors (Lipinski definition) is 8. The molecule has 0 aromatic carbocycles. The molecule has 0 fully saturated rings. The van der Waals surface area contributed by atoms with Gasteiger partial charge in [0.2, 0.25) is 6.79 Å². The zero-order valence-electron chi connectivity index (χ0n) is 12.9. The van der Waals surface area contributed by atoms with Crippen LogP contribution in [0.1, 0.15) is 26.7 Å². The molecule has 0 aliphatic heterocycles. The fourth-order valence-corrected chi connectivity index (χ4v) is 4.20. The van der Waals surface area contributed by atoms with Crippen LogP contribution in [0.25, 0.3) is 0 Å². The largest absolute Gasteiger partial charge is 0.437 e. The first-order valence-corrected chi connectivity index (χ1v) is 9.87. The first-order chi connectivity index (χ1) is 10.3. The molecule has 0 rings (SSSR count). The average molecular weight is 378 g/mol. The highest BCUT2D eigenvalue weighted by molar-refractivity contribution is 7.72. The second-order valence-electron chi connectivity index (χ2n) is 5.21. The van der Waals surface area contributed by atoms with Gasteiger partial charge in [-0.25, -0.2) is 0 Å². The van der Waals surface area contributed by atoms with Crippen molar-refractivity contribution in [3.8, 4) is 0 Å². The Morgan fingerprint density at radius 3 is 2.17 bits per heavy atom. The molecule has 23 heavy (non-hydrogen) atoms. The first kappa shape index (κ1) is 22.6. The van der Waals surface area contributed by atoms with E-state index in [1.807, 2.05) is 0 Å². The average Bonchev–Trinajstić information content (AvgIpc) is 2.41. The van der Waals surface area contributed by atoms with E-state index in [0.717, 1.165) is 0 Å². The topological polar surface area (TPSA) is 203 Å². The van der Waals surface area contributed by atoms with Gasteiger partial charge in [-0.15, -0.1) is 0 Å². The Labute approximate surface area is 133 Å².